The van der Waals surface area contributed by atoms with Gasteiger partial charge in [-0.2, -0.15) is 5.10 Å². The lowest BCUT2D eigenvalue weighted by Gasteiger charge is -2.11. The Kier molecular flexibility index (Phi) is 4.04. The summed E-state index contributed by atoms with van der Waals surface area (Å²) < 4.78 is 1.20. The summed E-state index contributed by atoms with van der Waals surface area (Å²) in [7, 11) is 1.55. The van der Waals surface area contributed by atoms with Crippen molar-refractivity contribution in [1.29, 1.82) is 0 Å². The lowest BCUT2D eigenvalue weighted by molar-refractivity contribution is 0.0945. The van der Waals surface area contributed by atoms with Gasteiger partial charge in [0.05, 0.1) is 5.69 Å². The number of nitrogens with zero attached hydrogens (tertiary/aromatic N) is 2. The zero-order chi connectivity index (χ0) is 13.2. The van der Waals surface area contributed by atoms with Crippen LogP contribution in [0.4, 0.5) is 0 Å². The largest absolute Gasteiger partial charge is 0.352 e. The Morgan fingerprint density at radius 2 is 2.00 bits per heavy atom. The van der Waals surface area contributed by atoms with Gasteiger partial charge in [-0.25, -0.2) is 4.68 Å². The highest BCUT2D eigenvalue weighted by molar-refractivity contribution is 5.95. The minimum absolute atomic E-state index is 0.195. The van der Waals surface area contributed by atoms with Crippen LogP contribution in [0.2, 0.25) is 0 Å². The Hall–Kier alpha value is -1.65. The summed E-state index contributed by atoms with van der Waals surface area (Å²) >= 11 is 0. The van der Waals surface area contributed by atoms with Crippen molar-refractivity contribution >= 4 is 5.91 Å². The van der Waals surface area contributed by atoms with Crippen molar-refractivity contribution < 1.29 is 4.79 Å². The first-order chi connectivity index (χ1) is 7.84. The number of hydrogen-bond acceptors (Lipinski definition) is 3. The Morgan fingerprint density at radius 1 is 1.41 bits per heavy atom. The fraction of sp³-hybridized carbons (Fsp3) is 0.583. The van der Waals surface area contributed by atoms with Crippen LogP contribution in [-0.4, -0.2) is 22.2 Å². The minimum Gasteiger partial charge on any atom is -0.352 e. The van der Waals surface area contributed by atoms with Crippen molar-refractivity contribution in [3.8, 4) is 0 Å². The normalized spacial score (nSPS) is 10.7. The van der Waals surface area contributed by atoms with E-state index >= 15 is 0 Å². The maximum Gasteiger partial charge on any atom is 0.279 e. The minimum atomic E-state index is -0.352. The van der Waals surface area contributed by atoms with Crippen LogP contribution in [0.15, 0.2) is 4.79 Å². The van der Waals surface area contributed by atoms with E-state index in [2.05, 4.69) is 10.4 Å². The molecule has 0 saturated heterocycles. The lowest BCUT2D eigenvalue weighted by atomic mass is 10.1. The highest BCUT2D eigenvalue weighted by Crippen LogP contribution is 2.05. The number of rotatable bonds is 3. The summed E-state index contributed by atoms with van der Waals surface area (Å²) in [5.41, 5.74) is 1.19. The third kappa shape index (κ3) is 2.93. The maximum absolute atomic E-state index is 11.9. The third-order valence-corrected chi connectivity index (χ3v) is 2.62. The molecular formula is C12H19N3O2. The van der Waals surface area contributed by atoms with Gasteiger partial charge in [0, 0.05) is 13.6 Å². The summed E-state index contributed by atoms with van der Waals surface area (Å²) in [6.45, 7) is 8.09. The molecular weight excluding hydrogens is 218 g/mol. The van der Waals surface area contributed by atoms with Crippen molar-refractivity contribution in [2.75, 3.05) is 6.54 Å². The Morgan fingerprint density at radius 3 is 2.53 bits per heavy atom. The van der Waals surface area contributed by atoms with Gasteiger partial charge in [0.15, 0.2) is 0 Å². The standard InChI is InChI=1S/C12H19N3O2/c1-7(2)6-13-11(16)10-8(3)9(4)14-15(5)12(10)17/h7H,6H2,1-5H3,(H,13,16). The van der Waals surface area contributed by atoms with Crippen molar-refractivity contribution in [3.63, 3.8) is 0 Å². The van der Waals surface area contributed by atoms with Crippen LogP contribution in [-0.2, 0) is 7.05 Å². The molecule has 0 aliphatic carbocycles. The van der Waals surface area contributed by atoms with Crippen molar-refractivity contribution in [2.45, 2.75) is 27.7 Å². The molecule has 17 heavy (non-hydrogen) atoms. The van der Waals surface area contributed by atoms with Crippen LogP contribution in [0, 0.1) is 19.8 Å². The molecule has 0 bridgehead atoms. The Labute approximate surface area is 101 Å². The molecule has 0 aliphatic rings. The van der Waals surface area contributed by atoms with Crippen molar-refractivity contribution in [1.82, 2.24) is 15.1 Å². The van der Waals surface area contributed by atoms with E-state index in [9.17, 15) is 9.59 Å². The van der Waals surface area contributed by atoms with Crippen LogP contribution in [0.1, 0.15) is 35.5 Å². The van der Waals surface area contributed by atoms with E-state index in [4.69, 9.17) is 0 Å². The molecule has 0 atom stereocenters. The van der Waals surface area contributed by atoms with Crippen LogP contribution in [0.3, 0.4) is 0 Å². The SMILES string of the molecule is Cc1nn(C)c(=O)c(C(=O)NCC(C)C)c1C. The third-order valence-electron chi connectivity index (χ3n) is 2.62. The summed E-state index contributed by atoms with van der Waals surface area (Å²) in [6, 6.07) is 0. The van der Waals surface area contributed by atoms with E-state index in [0.717, 1.165) is 0 Å². The fourth-order valence-electron chi connectivity index (χ4n) is 1.50. The zero-order valence-electron chi connectivity index (χ0n) is 11.0. The number of amides is 1. The number of nitrogens with one attached hydrogen (secondary N) is 1. The molecule has 0 radical (unpaired) electrons. The van der Waals surface area contributed by atoms with Gasteiger partial charge in [-0.1, -0.05) is 13.8 Å². The second kappa shape index (κ2) is 5.12. The number of aromatic nitrogens is 2. The second-order valence-electron chi connectivity index (χ2n) is 4.62. The van der Waals surface area contributed by atoms with Gasteiger partial charge < -0.3 is 5.32 Å². The molecule has 94 valence electrons. The molecule has 5 heteroatoms. The van der Waals surface area contributed by atoms with Crippen LogP contribution < -0.4 is 10.9 Å². The molecule has 1 aromatic rings. The predicted octanol–water partition coefficient (Wildman–Crippen LogP) is 0.783. The summed E-state index contributed by atoms with van der Waals surface area (Å²) in [4.78, 5) is 23.8. The first-order valence-electron chi connectivity index (χ1n) is 5.67. The van der Waals surface area contributed by atoms with E-state index in [0.29, 0.717) is 23.7 Å². The van der Waals surface area contributed by atoms with Gasteiger partial charge in [-0.3, -0.25) is 9.59 Å². The number of carbonyl (C=O) groups is 1. The topological polar surface area (TPSA) is 64.0 Å². The molecule has 1 rings (SSSR count). The summed E-state index contributed by atoms with van der Waals surface area (Å²) in [5.74, 6) is 0.0355. The van der Waals surface area contributed by atoms with E-state index in [1.54, 1.807) is 20.9 Å². The molecule has 1 heterocycles. The average molecular weight is 237 g/mol. The molecule has 0 fully saturated rings. The molecule has 0 aromatic carbocycles. The molecule has 0 saturated carbocycles. The van der Waals surface area contributed by atoms with Gasteiger partial charge >= 0.3 is 0 Å². The van der Waals surface area contributed by atoms with Gasteiger partial charge in [0.1, 0.15) is 5.56 Å². The lowest BCUT2D eigenvalue weighted by Crippen LogP contribution is -2.36. The van der Waals surface area contributed by atoms with Crippen LogP contribution in [0.5, 0.6) is 0 Å². The molecule has 0 aliphatic heterocycles. The fourth-order valence-corrected chi connectivity index (χ4v) is 1.50. The van der Waals surface area contributed by atoms with Crippen LogP contribution >= 0.6 is 0 Å². The Bertz CT molecular complexity index is 489. The number of carbonyl (C=O) groups excluding carboxylic acids is 1. The molecule has 1 N–H and O–H groups in total. The smallest absolute Gasteiger partial charge is 0.279 e. The van der Waals surface area contributed by atoms with Gasteiger partial charge in [-0.05, 0) is 25.3 Å². The molecule has 0 unspecified atom stereocenters. The molecule has 5 nitrogen and oxygen atoms in total. The second-order valence-corrected chi connectivity index (χ2v) is 4.62. The number of aryl methyl sites for hydroxylation is 2. The first kappa shape index (κ1) is 13.4. The van der Waals surface area contributed by atoms with Gasteiger partial charge in [-0.15, -0.1) is 0 Å². The highest BCUT2D eigenvalue weighted by atomic mass is 16.2. The van der Waals surface area contributed by atoms with Crippen molar-refractivity contribution in [2.24, 2.45) is 13.0 Å². The summed E-state index contributed by atoms with van der Waals surface area (Å²) in [6.07, 6.45) is 0. The van der Waals surface area contributed by atoms with Gasteiger partial charge in [0.25, 0.3) is 11.5 Å². The van der Waals surface area contributed by atoms with Gasteiger partial charge in [0.2, 0.25) is 0 Å². The van der Waals surface area contributed by atoms with E-state index < -0.39 is 0 Å². The molecule has 1 amide bonds. The van der Waals surface area contributed by atoms with Crippen LogP contribution in [0.25, 0.3) is 0 Å². The monoisotopic (exact) mass is 237 g/mol. The Balaban J connectivity index is 3.13. The maximum atomic E-state index is 11.9. The van der Waals surface area contributed by atoms with E-state index in [1.807, 2.05) is 13.8 Å². The summed E-state index contributed by atoms with van der Waals surface area (Å²) in [5, 5.41) is 6.79. The highest BCUT2D eigenvalue weighted by Gasteiger charge is 2.17. The number of hydrogen-bond donors (Lipinski definition) is 1. The molecule has 0 spiro atoms. The van der Waals surface area contributed by atoms with E-state index in [-0.39, 0.29) is 17.0 Å². The van der Waals surface area contributed by atoms with Crippen molar-refractivity contribution in [3.05, 3.63) is 27.2 Å². The average Bonchev–Trinajstić information content (AvgIpc) is 2.24. The zero-order valence-corrected chi connectivity index (χ0v) is 11.0. The molecule has 1 aromatic heterocycles. The quantitative estimate of drug-likeness (QED) is 0.845. The van der Waals surface area contributed by atoms with E-state index in [1.165, 1.54) is 4.68 Å². The first-order valence-corrected chi connectivity index (χ1v) is 5.67. The predicted molar refractivity (Wildman–Crippen MR) is 66.1 cm³/mol.